The first-order valence-electron chi connectivity index (χ1n) is 7.08. The summed E-state index contributed by atoms with van der Waals surface area (Å²) in [6, 6.07) is 14.4. The average Bonchev–Trinajstić information content (AvgIpc) is 3.08. The molecule has 122 valence electrons. The standard InChI is InChI=1S/C18H13ClFNO3/c1-23-16-5-3-2-4-14(16)21-18(22)17-9-8-15(24-17)11-6-7-13(20)12(19)10-11/h2-10H,1H3,(H,21,22). The van der Waals surface area contributed by atoms with Crippen molar-refractivity contribution in [3.8, 4) is 17.1 Å². The van der Waals surface area contributed by atoms with Gasteiger partial charge in [0.2, 0.25) is 0 Å². The number of furan rings is 1. The van der Waals surface area contributed by atoms with Crippen molar-refractivity contribution in [3.63, 3.8) is 0 Å². The second kappa shape index (κ2) is 6.76. The quantitative estimate of drug-likeness (QED) is 0.724. The van der Waals surface area contributed by atoms with Crippen LogP contribution in [0, 0.1) is 5.82 Å². The molecule has 1 amide bonds. The van der Waals surface area contributed by atoms with E-state index in [4.69, 9.17) is 20.8 Å². The first kappa shape index (κ1) is 16.1. The third-order valence-corrected chi connectivity index (χ3v) is 3.68. The van der Waals surface area contributed by atoms with Gasteiger partial charge in [-0.2, -0.15) is 0 Å². The maximum absolute atomic E-state index is 13.2. The molecule has 0 bridgehead atoms. The number of carbonyl (C=O) groups excluding carboxylic acids is 1. The van der Waals surface area contributed by atoms with Gasteiger partial charge in [0.25, 0.3) is 5.91 Å². The Hall–Kier alpha value is -2.79. The maximum Gasteiger partial charge on any atom is 0.291 e. The highest BCUT2D eigenvalue weighted by atomic mass is 35.5. The monoisotopic (exact) mass is 345 g/mol. The first-order valence-corrected chi connectivity index (χ1v) is 7.46. The van der Waals surface area contributed by atoms with Crippen molar-refractivity contribution in [1.29, 1.82) is 0 Å². The third kappa shape index (κ3) is 3.26. The smallest absolute Gasteiger partial charge is 0.291 e. The molecular weight excluding hydrogens is 333 g/mol. The highest BCUT2D eigenvalue weighted by Crippen LogP contribution is 2.28. The minimum absolute atomic E-state index is 0.0103. The number of nitrogens with one attached hydrogen (secondary N) is 1. The number of methoxy groups -OCH3 is 1. The summed E-state index contributed by atoms with van der Waals surface area (Å²) in [6.45, 7) is 0. The van der Waals surface area contributed by atoms with Crippen molar-refractivity contribution >= 4 is 23.2 Å². The molecule has 0 unspecified atom stereocenters. The Morgan fingerprint density at radius 2 is 1.96 bits per heavy atom. The molecular formula is C18H13ClFNO3. The summed E-state index contributed by atoms with van der Waals surface area (Å²) in [5.41, 5.74) is 1.12. The Morgan fingerprint density at radius 1 is 1.17 bits per heavy atom. The summed E-state index contributed by atoms with van der Waals surface area (Å²) in [7, 11) is 1.52. The number of rotatable bonds is 4. The normalized spacial score (nSPS) is 10.5. The lowest BCUT2D eigenvalue weighted by Crippen LogP contribution is -2.11. The molecule has 2 aromatic carbocycles. The van der Waals surface area contributed by atoms with E-state index in [9.17, 15) is 9.18 Å². The Balaban J connectivity index is 1.82. The Kier molecular flexibility index (Phi) is 4.53. The lowest BCUT2D eigenvalue weighted by molar-refractivity contribution is 0.0997. The molecule has 3 aromatic rings. The highest BCUT2D eigenvalue weighted by Gasteiger charge is 2.15. The summed E-state index contributed by atoms with van der Waals surface area (Å²) >= 11 is 5.76. The van der Waals surface area contributed by atoms with Crippen LogP contribution in [0.25, 0.3) is 11.3 Å². The Morgan fingerprint density at radius 3 is 2.71 bits per heavy atom. The predicted octanol–water partition coefficient (Wildman–Crippen LogP) is 5.00. The van der Waals surface area contributed by atoms with E-state index in [1.54, 1.807) is 30.3 Å². The molecule has 0 fully saturated rings. The van der Waals surface area contributed by atoms with Crippen molar-refractivity contribution in [1.82, 2.24) is 0 Å². The molecule has 1 heterocycles. The van der Waals surface area contributed by atoms with Gasteiger partial charge in [-0.3, -0.25) is 4.79 Å². The number of benzene rings is 2. The van der Waals surface area contributed by atoms with Crippen LogP contribution in [0.5, 0.6) is 5.75 Å². The van der Waals surface area contributed by atoms with E-state index in [1.807, 2.05) is 0 Å². The number of hydrogen-bond donors (Lipinski definition) is 1. The molecule has 1 N–H and O–H groups in total. The minimum atomic E-state index is -0.513. The van der Waals surface area contributed by atoms with Gasteiger partial charge in [-0.1, -0.05) is 23.7 Å². The number of hydrogen-bond acceptors (Lipinski definition) is 3. The first-order chi connectivity index (χ1) is 11.6. The van der Waals surface area contributed by atoms with Gasteiger partial charge in [-0.15, -0.1) is 0 Å². The topological polar surface area (TPSA) is 51.5 Å². The van der Waals surface area contributed by atoms with Crippen molar-refractivity contribution in [2.45, 2.75) is 0 Å². The molecule has 0 aliphatic carbocycles. The van der Waals surface area contributed by atoms with E-state index in [0.29, 0.717) is 22.8 Å². The zero-order chi connectivity index (χ0) is 17.1. The maximum atomic E-state index is 13.2. The fraction of sp³-hybridized carbons (Fsp3) is 0.0556. The average molecular weight is 346 g/mol. The van der Waals surface area contributed by atoms with Crippen molar-refractivity contribution in [2.75, 3.05) is 12.4 Å². The molecule has 3 rings (SSSR count). The van der Waals surface area contributed by atoms with Crippen LogP contribution in [0.4, 0.5) is 10.1 Å². The van der Waals surface area contributed by atoms with E-state index < -0.39 is 11.7 Å². The lowest BCUT2D eigenvalue weighted by Gasteiger charge is -2.08. The summed E-state index contributed by atoms with van der Waals surface area (Å²) < 4.78 is 23.9. The van der Waals surface area contributed by atoms with Gasteiger partial charge < -0.3 is 14.5 Å². The molecule has 1 aromatic heterocycles. The number of carbonyl (C=O) groups is 1. The van der Waals surface area contributed by atoms with Gasteiger partial charge in [0.05, 0.1) is 17.8 Å². The molecule has 0 aliphatic rings. The Bertz CT molecular complexity index is 891. The number of halogens is 2. The van der Waals surface area contributed by atoms with Gasteiger partial charge in [0.1, 0.15) is 17.3 Å². The zero-order valence-electron chi connectivity index (χ0n) is 12.7. The summed E-state index contributed by atoms with van der Waals surface area (Å²) in [4.78, 5) is 12.3. The Labute approximate surface area is 142 Å². The molecule has 0 spiro atoms. The molecule has 4 nitrogen and oxygen atoms in total. The van der Waals surface area contributed by atoms with E-state index >= 15 is 0 Å². The SMILES string of the molecule is COc1ccccc1NC(=O)c1ccc(-c2ccc(F)c(Cl)c2)o1. The van der Waals surface area contributed by atoms with Gasteiger partial charge in [-0.05, 0) is 42.5 Å². The predicted molar refractivity (Wildman–Crippen MR) is 90.1 cm³/mol. The molecule has 0 atom stereocenters. The molecule has 0 saturated carbocycles. The van der Waals surface area contributed by atoms with Crippen LogP contribution in [0.1, 0.15) is 10.6 Å². The van der Waals surface area contributed by atoms with Crippen LogP contribution in [-0.4, -0.2) is 13.0 Å². The molecule has 0 radical (unpaired) electrons. The largest absolute Gasteiger partial charge is 0.495 e. The van der Waals surface area contributed by atoms with E-state index in [-0.39, 0.29) is 10.8 Å². The van der Waals surface area contributed by atoms with Crippen molar-refractivity contribution < 1.29 is 18.3 Å². The van der Waals surface area contributed by atoms with E-state index in [2.05, 4.69) is 5.32 Å². The molecule has 0 saturated heterocycles. The molecule has 0 aliphatic heterocycles. The lowest BCUT2D eigenvalue weighted by atomic mass is 10.2. The van der Waals surface area contributed by atoms with Gasteiger partial charge in [-0.25, -0.2) is 4.39 Å². The van der Waals surface area contributed by atoms with Crippen LogP contribution in [0.2, 0.25) is 5.02 Å². The van der Waals surface area contributed by atoms with Crippen LogP contribution in [0.3, 0.4) is 0 Å². The van der Waals surface area contributed by atoms with E-state index in [0.717, 1.165) is 0 Å². The van der Waals surface area contributed by atoms with Gasteiger partial charge in [0, 0.05) is 5.56 Å². The number of ether oxygens (including phenoxy) is 1. The van der Waals surface area contributed by atoms with Gasteiger partial charge >= 0.3 is 0 Å². The van der Waals surface area contributed by atoms with Crippen molar-refractivity contribution in [3.05, 3.63) is 71.2 Å². The number of anilines is 1. The molecule has 24 heavy (non-hydrogen) atoms. The second-order valence-electron chi connectivity index (χ2n) is 4.95. The van der Waals surface area contributed by atoms with E-state index in [1.165, 1.54) is 31.4 Å². The zero-order valence-corrected chi connectivity index (χ0v) is 13.4. The fourth-order valence-electron chi connectivity index (χ4n) is 2.20. The summed E-state index contributed by atoms with van der Waals surface area (Å²) in [6.07, 6.45) is 0. The third-order valence-electron chi connectivity index (χ3n) is 3.39. The minimum Gasteiger partial charge on any atom is -0.495 e. The second-order valence-corrected chi connectivity index (χ2v) is 5.35. The van der Waals surface area contributed by atoms with Gasteiger partial charge in [0.15, 0.2) is 5.76 Å². The van der Waals surface area contributed by atoms with Crippen LogP contribution in [0.15, 0.2) is 59.0 Å². The number of para-hydroxylation sites is 2. The highest BCUT2D eigenvalue weighted by molar-refractivity contribution is 6.31. The fourth-order valence-corrected chi connectivity index (χ4v) is 2.38. The van der Waals surface area contributed by atoms with Crippen LogP contribution < -0.4 is 10.1 Å². The number of amides is 1. The van der Waals surface area contributed by atoms with Crippen LogP contribution >= 0.6 is 11.6 Å². The van der Waals surface area contributed by atoms with Crippen molar-refractivity contribution in [2.24, 2.45) is 0 Å². The molecule has 6 heteroatoms. The van der Waals surface area contributed by atoms with Crippen LogP contribution in [-0.2, 0) is 0 Å². The summed E-state index contributed by atoms with van der Waals surface area (Å²) in [5.74, 6) is 0.154. The summed E-state index contributed by atoms with van der Waals surface area (Å²) in [5, 5.41) is 2.71.